The molecule has 2 unspecified atom stereocenters. The summed E-state index contributed by atoms with van der Waals surface area (Å²) >= 11 is 6.12. The summed E-state index contributed by atoms with van der Waals surface area (Å²) in [5.74, 6) is -3.01. The van der Waals surface area contributed by atoms with Crippen LogP contribution in [0.4, 0.5) is 33.3 Å². The van der Waals surface area contributed by atoms with Gasteiger partial charge in [0, 0.05) is 84.0 Å². The Morgan fingerprint density at radius 3 is 1.77 bits per heavy atom. The number of benzene rings is 6. The smallest absolute Gasteiger partial charge is 0.227 e. The van der Waals surface area contributed by atoms with Crippen molar-refractivity contribution in [3.63, 3.8) is 0 Å². The summed E-state index contributed by atoms with van der Waals surface area (Å²) in [6, 6.07) is 34.1. The second kappa shape index (κ2) is 20.3. The summed E-state index contributed by atoms with van der Waals surface area (Å²) in [4.78, 5) is 29.8. The van der Waals surface area contributed by atoms with Gasteiger partial charge in [-0.1, -0.05) is 66.2 Å². The second-order valence-electron chi connectivity index (χ2n) is 16.7. The van der Waals surface area contributed by atoms with Crippen molar-refractivity contribution in [2.75, 3.05) is 42.3 Å². The largest absolute Gasteiger partial charge is 0.396 e. The minimum absolute atomic E-state index is 0.0734. The van der Waals surface area contributed by atoms with Crippen molar-refractivity contribution >= 4 is 44.8 Å². The third-order valence-corrected chi connectivity index (χ3v) is 13.5. The fourth-order valence-electron chi connectivity index (χ4n) is 9.05. The average Bonchev–Trinajstić information content (AvgIpc) is 3.27. The van der Waals surface area contributed by atoms with Crippen LogP contribution in [0.15, 0.2) is 133 Å². The van der Waals surface area contributed by atoms with Gasteiger partial charge in [-0.3, -0.25) is 9.59 Å². The van der Waals surface area contributed by atoms with Gasteiger partial charge in [0.1, 0.15) is 29.1 Å². The standard InChI is InChI=1S/C26H26F2N2O3S.C25H21ClF3NO2/c1-34(32,33)29-14-12-26(20-7-3-2-4-8-20)13-15-30(25(31)18-26)22-9-5-6-19(16-22)23-11-10-21(27)17-24(23)28;26-22-13-18(28)5-7-20(22)21-14-19(6-8-23(21)29)30-11-9-25(10-12-31,15-24(30)32)16-1-3-17(27)4-2-16/h2-11,16-17,29H,12-15,18H2,1H3;1-8,13-14,31H,9-12,15H2. The topological polar surface area (TPSA) is 107 Å². The summed E-state index contributed by atoms with van der Waals surface area (Å²) in [5, 5.41) is 9.70. The maximum atomic E-state index is 14.6. The van der Waals surface area contributed by atoms with Gasteiger partial charge in [-0.05, 0) is 115 Å². The lowest BCUT2D eigenvalue weighted by atomic mass is 9.70. The number of nitrogens with one attached hydrogen (secondary N) is 1. The summed E-state index contributed by atoms with van der Waals surface area (Å²) in [6.45, 7) is 0.912. The van der Waals surface area contributed by atoms with E-state index in [1.807, 2.05) is 30.3 Å². The van der Waals surface area contributed by atoms with Crippen molar-refractivity contribution < 1.29 is 45.1 Å². The minimum Gasteiger partial charge on any atom is -0.396 e. The van der Waals surface area contributed by atoms with E-state index in [-0.39, 0.29) is 59.8 Å². The molecule has 2 aliphatic heterocycles. The van der Waals surface area contributed by atoms with E-state index in [0.29, 0.717) is 61.3 Å². The molecule has 2 fully saturated rings. The molecule has 0 spiro atoms. The van der Waals surface area contributed by atoms with E-state index >= 15 is 0 Å². The van der Waals surface area contributed by atoms with E-state index in [1.165, 1.54) is 54.6 Å². The molecule has 0 saturated carbocycles. The van der Waals surface area contributed by atoms with Crippen LogP contribution in [0.5, 0.6) is 0 Å². The maximum Gasteiger partial charge on any atom is 0.227 e. The van der Waals surface area contributed by atoms with Gasteiger partial charge in [-0.2, -0.15) is 0 Å². The Morgan fingerprint density at radius 1 is 0.606 bits per heavy atom. The molecule has 0 aliphatic carbocycles. The number of hydrogen-bond acceptors (Lipinski definition) is 5. The third-order valence-electron chi connectivity index (χ3n) is 12.5. The number of sulfonamides is 1. The van der Waals surface area contributed by atoms with Gasteiger partial charge in [-0.15, -0.1) is 0 Å². The van der Waals surface area contributed by atoms with Crippen molar-refractivity contribution in [1.82, 2.24) is 4.72 Å². The molecule has 0 aromatic heterocycles. The SMILES string of the molecule is CS(=O)(=O)NCCC1(c2ccccc2)CCN(c2cccc(-c3ccc(F)cc3F)c2)C(=O)C1.O=C1CC(CCO)(c2ccc(F)cc2)CCN1c1ccc(F)c(-c2ccc(F)cc2Cl)c1. The fourth-order valence-corrected chi connectivity index (χ4v) is 9.79. The van der Waals surface area contributed by atoms with Crippen LogP contribution in [0.3, 0.4) is 0 Å². The number of piperidine rings is 2. The van der Waals surface area contributed by atoms with Crippen LogP contribution in [0.2, 0.25) is 5.02 Å². The number of rotatable bonds is 12. The lowest BCUT2D eigenvalue weighted by molar-refractivity contribution is -0.122. The van der Waals surface area contributed by atoms with Crippen molar-refractivity contribution in [2.24, 2.45) is 0 Å². The molecule has 0 bridgehead atoms. The quantitative estimate of drug-likeness (QED) is 0.119. The van der Waals surface area contributed by atoms with Gasteiger partial charge in [0.15, 0.2) is 0 Å². The molecule has 2 heterocycles. The number of carbonyl (C=O) groups is 2. The number of amides is 2. The second-order valence-corrected chi connectivity index (χ2v) is 19.0. The van der Waals surface area contributed by atoms with Crippen LogP contribution in [-0.4, -0.2) is 57.8 Å². The first-order valence-electron chi connectivity index (χ1n) is 21.3. The molecule has 8 rings (SSSR count). The molecular weight excluding hydrogens is 897 g/mol. The summed E-state index contributed by atoms with van der Waals surface area (Å²) in [7, 11) is -3.34. The van der Waals surface area contributed by atoms with Gasteiger partial charge in [0.25, 0.3) is 0 Å². The molecule has 0 radical (unpaired) electrons. The summed E-state index contributed by atoms with van der Waals surface area (Å²) < 4.78 is 94.7. The predicted molar refractivity (Wildman–Crippen MR) is 247 cm³/mol. The molecule has 6 aromatic rings. The molecule has 2 aliphatic rings. The predicted octanol–water partition coefficient (Wildman–Crippen LogP) is 10.5. The maximum absolute atomic E-state index is 14.6. The molecule has 2 N–H and O–H groups in total. The highest BCUT2D eigenvalue weighted by molar-refractivity contribution is 7.88. The zero-order chi connectivity index (χ0) is 47.2. The third kappa shape index (κ3) is 11.0. The molecule has 8 nitrogen and oxygen atoms in total. The molecule has 344 valence electrons. The van der Waals surface area contributed by atoms with Crippen molar-refractivity contribution in [3.05, 3.63) is 179 Å². The van der Waals surface area contributed by atoms with Crippen LogP contribution in [0.1, 0.15) is 49.7 Å². The minimum atomic E-state index is -3.34. The number of hydrogen-bond donors (Lipinski definition) is 2. The molecule has 2 atom stereocenters. The normalized spacial score (nSPS) is 18.8. The first kappa shape index (κ1) is 48.0. The molecule has 2 saturated heterocycles. The Hall–Kier alpha value is -5.93. The number of aliphatic hydroxyl groups excluding tert-OH is 1. The Morgan fingerprint density at radius 2 is 1.18 bits per heavy atom. The van der Waals surface area contributed by atoms with Crippen LogP contribution in [0, 0.1) is 29.1 Å². The van der Waals surface area contributed by atoms with Gasteiger partial charge >= 0.3 is 0 Å². The number of aliphatic hydroxyl groups is 1. The van der Waals surface area contributed by atoms with Gasteiger partial charge in [0.05, 0.1) is 11.3 Å². The number of anilines is 2. The summed E-state index contributed by atoms with van der Waals surface area (Å²) in [6.07, 6.45) is 3.52. The molecule has 15 heteroatoms. The highest BCUT2D eigenvalue weighted by Gasteiger charge is 2.42. The Balaban J connectivity index is 0.000000197. The average molecular weight is 944 g/mol. The highest BCUT2D eigenvalue weighted by atomic mass is 35.5. The molecular formula is C51H47ClF5N3O5S. The van der Waals surface area contributed by atoms with Crippen LogP contribution < -0.4 is 14.5 Å². The lowest BCUT2D eigenvalue weighted by Crippen LogP contribution is -2.47. The van der Waals surface area contributed by atoms with E-state index in [1.54, 1.807) is 46.2 Å². The first-order chi connectivity index (χ1) is 31.5. The van der Waals surface area contributed by atoms with E-state index in [4.69, 9.17) is 11.6 Å². The first-order valence-corrected chi connectivity index (χ1v) is 23.5. The van der Waals surface area contributed by atoms with Crippen molar-refractivity contribution in [1.29, 1.82) is 0 Å². The number of nitrogens with zero attached hydrogens (tertiary/aromatic N) is 2. The Kier molecular flexibility index (Phi) is 14.8. The summed E-state index contributed by atoms with van der Waals surface area (Å²) in [5.41, 5.74) is 3.18. The van der Waals surface area contributed by atoms with Gasteiger partial charge in [0.2, 0.25) is 21.8 Å². The van der Waals surface area contributed by atoms with Crippen LogP contribution >= 0.6 is 11.6 Å². The Bertz CT molecular complexity index is 2840. The van der Waals surface area contributed by atoms with Crippen LogP contribution in [-0.2, 0) is 30.4 Å². The van der Waals surface area contributed by atoms with E-state index in [9.17, 15) is 45.1 Å². The van der Waals surface area contributed by atoms with E-state index in [2.05, 4.69) is 4.72 Å². The van der Waals surface area contributed by atoms with Crippen LogP contribution in [0.25, 0.3) is 22.3 Å². The van der Waals surface area contributed by atoms with Crippen molar-refractivity contribution in [3.8, 4) is 22.3 Å². The van der Waals surface area contributed by atoms with Gasteiger partial charge in [-0.25, -0.2) is 35.1 Å². The van der Waals surface area contributed by atoms with Crippen molar-refractivity contribution in [2.45, 2.75) is 49.4 Å². The highest BCUT2D eigenvalue weighted by Crippen LogP contribution is 2.43. The van der Waals surface area contributed by atoms with Gasteiger partial charge < -0.3 is 14.9 Å². The molecule has 6 aromatic carbocycles. The number of carbonyl (C=O) groups excluding carboxylic acids is 2. The van der Waals surface area contributed by atoms with E-state index < -0.39 is 44.1 Å². The fraction of sp³-hybridized carbons (Fsp3) is 0.255. The van der Waals surface area contributed by atoms with E-state index in [0.717, 1.165) is 29.5 Å². The molecule has 66 heavy (non-hydrogen) atoms. The number of halogens is 6. The molecule has 2 amide bonds. The monoisotopic (exact) mass is 943 g/mol. The zero-order valence-corrected chi connectivity index (χ0v) is 37.5. The lowest BCUT2D eigenvalue weighted by Gasteiger charge is -2.42. The Labute approximate surface area is 385 Å². The zero-order valence-electron chi connectivity index (χ0n) is 35.9.